The van der Waals surface area contributed by atoms with Crippen LogP contribution in [0.25, 0.3) is 0 Å². The molecule has 2 rings (SSSR count). The second kappa shape index (κ2) is 4.27. The Kier molecular flexibility index (Phi) is 3.00. The fraction of sp³-hybridized carbons (Fsp3) is 0.500. The molecule has 0 heterocycles. The zero-order valence-electron chi connectivity index (χ0n) is 8.76. The van der Waals surface area contributed by atoms with Crippen LogP contribution in [0, 0.1) is 17.6 Å². The van der Waals surface area contributed by atoms with Gasteiger partial charge in [-0.3, -0.25) is 0 Å². The minimum absolute atomic E-state index is 0.324. The minimum Gasteiger partial charge on any atom is -0.316 e. The Labute approximate surface area is 88.5 Å². The summed E-state index contributed by atoms with van der Waals surface area (Å²) in [4.78, 5) is 0. The molecule has 1 aromatic carbocycles. The van der Waals surface area contributed by atoms with Crippen LogP contribution in [0.4, 0.5) is 8.78 Å². The van der Waals surface area contributed by atoms with Gasteiger partial charge in [-0.05, 0) is 43.9 Å². The molecule has 3 heteroatoms. The first-order valence-corrected chi connectivity index (χ1v) is 5.32. The summed E-state index contributed by atoms with van der Waals surface area (Å²) in [7, 11) is 1.89. The van der Waals surface area contributed by atoms with Crippen LogP contribution in [0.5, 0.6) is 0 Å². The van der Waals surface area contributed by atoms with E-state index in [1.165, 1.54) is 25.0 Å². The van der Waals surface area contributed by atoms with E-state index in [4.69, 9.17) is 0 Å². The number of likely N-dealkylation sites (N-methyl/N-ethyl adjacent to an activating group) is 1. The van der Waals surface area contributed by atoms with Crippen molar-refractivity contribution in [2.45, 2.75) is 25.3 Å². The van der Waals surface area contributed by atoms with E-state index in [1.807, 2.05) is 7.05 Å². The quantitative estimate of drug-likeness (QED) is 0.806. The average molecular weight is 211 g/mol. The van der Waals surface area contributed by atoms with Crippen molar-refractivity contribution in [2.24, 2.45) is 5.92 Å². The molecule has 1 atom stereocenters. The molecule has 0 aromatic heterocycles. The Bertz CT molecular complexity index is 347. The molecule has 82 valence electrons. The molecule has 0 aliphatic heterocycles. The summed E-state index contributed by atoms with van der Waals surface area (Å²) in [5.41, 5.74) is 0.600. The first-order chi connectivity index (χ1) is 7.20. The van der Waals surface area contributed by atoms with E-state index >= 15 is 0 Å². The second-order valence-electron chi connectivity index (χ2n) is 4.17. The van der Waals surface area contributed by atoms with E-state index < -0.39 is 11.6 Å². The zero-order chi connectivity index (χ0) is 10.8. The molecule has 15 heavy (non-hydrogen) atoms. The van der Waals surface area contributed by atoms with Crippen LogP contribution < -0.4 is 5.32 Å². The van der Waals surface area contributed by atoms with E-state index in [-0.39, 0.29) is 0 Å². The van der Waals surface area contributed by atoms with Gasteiger partial charge in [0.25, 0.3) is 0 Å². The molecule has 0 radical (unpaired) electrons. The number of halogens is 2. The lowest BCUT2D eigenvalue weighted by molar-refractivity contribution is 0.484. The summed E-state index contributed by atoms with van der Waals surface area (Å²) in [6.07, 6.45) is 3.08. The van der Waals surface area contributed by atoms with Gasteiger partial charge in [0.05, 0.1) is 0 Å². The highest BCUT2D eigenvalue weighted by molar-refractivity contribution is 5.20. The summed E-state index contributed by atoms with van der Waals surface area (Å²) < 4.78 is 26.0. The molecule has 1 aliphatic carbocycles. The third-order valence-corrected chi connectivity index (χ3v) is 3.02. The molecule has 1 saturated carbocycles. The van der Waals surface area contributed by atoms with Crippen LogP contribution in [0.15, 0.2) is 18.2 Å². The first kappa shape index (κ1) is 10.6. The van der Waals surface area contributed by atoms with Crippen molar-refractivity contribution < 1.29 is 8.78 Å². The molecule has 1 nitrogen and oxygen atoms in total. The highest BCUT2D eigenvalue weighted by Gasteiger charge is 2.30. The van der Waals surface area contributed by atoms with Crippen molar-refractivity contribution in [1.29, 1.82) is 0 Å². The Morgan fingerprint density at radius 1 is 1.40 bits per heavy atom. The van der Waals surface area contributed by atoms with Crippen molar-refractivity contribution >= 4 is 0 Å². The SMILES string of the molecule is CNC(Cc1ccc(F)cc1F)C1CC1. The molecule has 1 N–H and O–H groups in total. The molecule has 0 saturated heterocycles. The normalized spacial score (nSPS) is 17.8. The summed E-state index contributed by atoms with van der Waals surface area (Å²) >= 11 is 0. The molecule has 0 amide bonds. The van der Waals surface area contributed by atoms with Gasteiger partial charge in [-0.1, -0.05) is 6.07 Å². The van der Waals surface area contributed by atoms with Gasteiger partial charge in [0, 0.05) is 12.1 Å². The lowest BCUT2D eigenvalue weighted by Gasteiger charge is -2.15. The van der Waals surface area contributed by atoms with Gasteiger partial charge in [-0.25, -0.2) is 8.78 Å². The van der Waals surface area contributed by atoms with Gasteiger partial charge in [0.2, 0.25) is 0 Å². The first-order valence-electron chi connectivity index (χ1n) is 5.32. The summed E-state index contributed by atoms with van der Waals surface area (Å²) in [5.74, 6) is -0.279. The lowest BCUT2D eigenvalue weighted by atomic mass is 10.0. The standard InChI is InChI=1S/C12H15F2N/c1-15-12(8-2-3-8)6-9-4-5-10(13)7-11(9)14/h4-5,7-8,12,15H,2-3,6H2,1H3. The maximum atomic E-state index is 13.4. The average Bonchev–Trinajstić information content (AvgIpc) is 3.00. The Morgan fingerprint density at radius 3 is 2.67 bits per heavy atom. The molecule has 0 bridgehead atoms. The van der Waals surface area contributed by atoms with Gasteiger partial charge >= 0.3 is 0 Å². The van der Waals surface area contributed by atoms with E-state index in [9.17, 15) is 8.78 Å². The van der Waals surface area contributed by atoms with Crippen molar-refractivity contribution in [3.63, 3.8) is 0 Å². The van der Waals surface area contributed by atoms with Gasteiger partial charge in [0.15, 0.2) is 0 Å². The number of rotatable bonds is 4. The fourth-order valence-corrected chi connectivity index (χ4v) is 1.93. The van der Waals surface area contributed by atoms with Crippen LogP contribution >= 0.6 is 0 Å². The monoisotopic (exact) mass is 211 g/mol. The van der Waals surface area contributed by atoms with Crippen LogP contribution in [0.1, 0.15) is 18.4 Å². The van der Waals surface area contributed by atoms with Crippen LogP contribution in [-0.4, -0.2) is 13.1 Å². The molecular weight excluding hydrogens is 196 g/mol. The van der Waals surface area contributed by atoms with Crippen LogP contribution in [0.3, 0.4) is 0 Å². The molecule has 1 unspecified atom stereocenters. The summed E-state index contributed by atoms with van der Waals surface area (Å²) in [6, 6.07) is 4.13. The number of nitrogens with one attached hydrogen (secondary N) is 1. The van der Waals surface area contributed by atoms with Crippen molar-refractivity contribution in [3.8, 4) is 0 Å². The topological polar surface area (TPSA) is 12.0 Å². The maximum absolute atomic E-state index is 13.4. The predicted molar refractivity (Wildman–Crippen MR) is 55.6 cm³/mol. The summed E-state index contributed by atoms with van der Waals surface area (Å²) in [5, 5.41) is 3.19. The third-order valence-electron chi connectivity index (χ3n) is 3.02. The third kappa shape index (κ3) is 2.53. The number of hydrogen-bond acceptors (Lipinski definition) is 1. The van der Waals surface area contributed by atoms with Gasteiger partial charge in [-0.2, -0.15) is 0 Å². The van der Waals surface area contributed by atoms with E-state index in [0.29, 0.717) is 23.9 Å². The smallest absolute Gasteiger partial charge is 0.129 e. The fourth-order valence-electron chi connectivity index (χ4n) is 1.93. The number of hydrogen-bond donors (Lipinski definition) is 1. The van der Waals surface area contributed by atoms with Gasteiger partial charge in [0.1, 0.15) is 11.6 Å². The van der Waals surface area contributed by atoms with E-state index in [1.54, 1.807) is 0 Å². The van der Waals surface area contributed by atoms with E-state index in [0.717, 1.165) is 6.07 Å². The van der Waals surface area contributed by atoms with Crippen molar-refractivity contribution in [2.75, 3.05) is 7.05 Å². The summed E-state index contributed by atoms with van der Waals surface area (Å²) in [6.45, 7) is 0. The molecule has 1 aliphatic rings. The largest absolute Gasteiger partial charge is 0.316 e. The maximum Gasteiger partial charge on any atom is 0.129 e. The van der Waals surface area contributed by atoms with E-state index in [2.05, 4.69) is 5.32 Å². The Hall–Kier alpha value is -0.960. The van der Waals surface area contributed by atoms with Crippen LogP contribution in [-0.2, 0) is 6.42 Å². The van der Waals surface area contributed by atoms with Gasteiger partial charge < -0.3 is 5.32 Å². The molecule has 0 spiro atoms. The molecule has 1 fully saturated rings. The van der Waals surface area contributed by atoms with Gasteiger partial charge in [-0.15, -0.1) is 0 Å². The highest BCUT2D eigenvalue weighted by Crippen LogP contribution is 2.34. The minimum atomic E-state index is -0.510. The van der Waals surface area contributed by atoms with Crippen molar-refractivity contribution in [3.05, 3.63) is 35.4 Å². The Morgan fingerprint density at radius 2 is 2.13 bits per heavy atom. The second-order valence-corrected chi connectivity index (χ2v) is 4.17. The van der Waals surface area contributed by atoms with Crippen LogP contribution in [0.2, 0.25) is 0 Å². The highest BCUT2D eigenvalue weighted by atomic mass is 19.1. The zero-order valence-corrected chi connectivity index (χ0v) is 8.76. The Balaban J connectivity index is 2.08. The predicted octanol–water partition coefficient (Wildman–Crippen LogP) is 2.51. The molecular formula is C12H15F2N. The molecule has 1 aromatic rings. The lowest BCUT2D eigenvalue weighted by Crippen LogP contribution is -2.30. The number of benzene rings is 1. The van der Waals surface area contributed by atoms with Crippen molar-refractivity contribution in [1.82, 2.24) is 5.32 Å².